The topological polar surface area (TPSA) is 83.6 Å². The summed E-state index contributed by atoms with van der Waals surface area (Å²) in [4.78, 5) is 31.6. The van der Waals surface area contributed by atoms with Crippen LogP contribution >= 0.6 is 11.3 Å². The van der Waals surface area contributed by atoms with Crippen molar-refractivity contribution in [1.82, 2.24) is 20.5 Å². The number of methoxy groups -OCH3 is 1. The molecule has 0 aliphatic carbocycles. The summed E-state index contributed by atoms with van der Waals surface area (Å²) in [7, 11) is 1.63. The molecule has 1 unspecified atom stereocenters. The van der Waals surface area contributed by atoms with E-state index >= 15 is 0 Å². The Kier molecular flexibility index (Phi) is 8.44. The molecule has 1 saturated heterocycles. The van der Waals surface area contributed by atoms with Crippen LogP contribution in [0, 0.1) is 5.82 Å². The first-order valence-electron chi connectivity index (χ1n) is 11.6. The average Bonchev–Trinajstić information content (AvgIpc) is 3.24. The highest BCUT2D eigenvalue weighted by Crippen LogP contribution is 2.19. The zero-order chi connectivity index (χ0) is 24.6. The molecule has 0 bridgehead atoms. The van der Waals surface area contributed by atoms with Crippen molar-refractivity contribution >= 4 is 23.2 Å². The van der Waals surface area contributed by atoms with Crippen LogP contribution < -0.4 is 15.4 Å². The smallest absolute Gasteiger partial charge is 0.271 e. The fourth-order valence-electron chi connectivity index (χ4n) is 3.99. The van der Waals surface area contributed by atoms with Gasteiger partial charge in [0.25, 0.3) is 5.91 Å². The maximum atomic E-state index is 13.4. The van der Waals surface area contributed by atoms with Crippen molar-refractivity contribution in [3.63, 3.8) is 0 Å². The molecule has 4 rings (SSSR count). The Balaban J connectivity index is 1.45. The Hall–Kier alpha value is -3.30. The van der Waals surface area contributed by atoms with Crippen molar-refractivity contribution in [2.45, 2.75) is 44.9 Å². The van der Waals surface area contributed by atoms with Gasteiger partial charge >= 0.3 is 0 Å². The normalized spacial score (nSPS) is 16.0. The Labute approximate surface area is 208 Å². The Morgan fingerprint density at radius 2 is 1.80 bits per heavy atom. The summed E-state index contributed by atoms with van der Waals surface area (Å²) in [5.74, 6) is 0.0382. The Bertz CT molecular complexity index is 1130. The van der Waals surface area contributed by atoms with Crippen molar-refractivity contribution in [3.8, 4) is 5.75 Å². The molecule has 0 spiro atoms. The number of carbonyl (C=O) groups excluding carboxylic acids is 2. The average molecular weight is 497 g/mol. The fourth-order valence-corrected chi connectivity index (χ4v) is 4.81. The number of aromatic nitrogens is 1. The Morgan fingerprint density at radius 1 is 1.11 bits per heavy atom. The van der Waals surface area contributed by atoms with Crippen molar-refractivity contribution < 1.29 is 18.7 Å². The lowest BCUT2D eigenvalue weighted by molar-refractivity contribution is -0.122. The molecular formula is C26H29FN4O3S. The number of thiazole rings is 1. The molecule has 3 aromatic rings. The predicted octanol–water partition coefficient (Wildman–Crippen LogP) is 3.89. The molecule has 2 heterocycles. The lowest BCUT2D eigenvalue weighted by Gasteiger charge is -2.22. The molecular weight excluding hydrogens is 467 g/mol. The van der Waals surface area contributed by atoms with Gasteiger partial charge in [-0.1, -0.05) is 24.3 Å². The third-order valence-electron chi connectivity index (χ3n) is 5.87. The van der Waals surface area contributed by atoms with Crippen LogP contribution in [0.1, 0.15) is 45.9 Å². The van der Waals surface area contributed by atoms with E-state index in [1.54, 1.807) is 24.6 Å². The monoisotopic (exact) mass is 496 g/mol. The van der Waals surface area contributed by atoms with Gasteiger partial charge < -0.3 is 15.4 Å². The van der Waals surface area contributed by atoms with E-state index < -0.39 is 6.04 Å². The summed E-state index contributed by atoms with van der Waals surface area (Å²) in [6.45, 7) is 2.40. The minimum atomic E-state index is -0.528. The van der Waals surface area contributed by atoms with E-state index in [-0.39, 0.29) is 17.6 Å². The standard InChI is InChI=1S/C26H29FN4O3S/c1-34-21-11-7-19(8-12-21)15-31(14-18-5-9-20(27)10-6-18)16-24-29-23(17-35-24)26(33)30-22-4-2-3-13-28-25(22)32/h5-12,17,22H,2-4,13-16H2,1H3,(H,28,32)(H,30,33). The first-order valence-corrected chi connectivity index (χ1v) is 12.5. The Morgan fingerprint density at radius 3 is 2.49 bits per heavy atom. The highest BCUT2D eigenvalue weighted by atomic mass is 32.1. The molecule has 2 N–H and O–H groups in total. The van der Waals surface area contributed by atoms with E-state index in [4.69, 9.17) is 4.74 Å². The van der Waals surface area contributed by atoms with Crippen LogP contribution in [0.3, 0.4) is 0 Å². The van der Waals surface area contributed by atoms with E-state index in [1.807, 2.05) is 24.3 Å². The lowest BCUT2D eigenvalue weighted by Crippen LogP contribution is -2.45. The largest absolute Gasteiger partial charge is 0.497 e. The van der Waals surface area contributed by atoms with Gasteiger partial charge in [0, 0.05) is 25.0 Å². The molecule has 1 aliphatic rings. The second kappa shape index (κ2) is 11.9. The van der Waals surface area contributed by atoms with Crippen LogP contribution in [0.5, 0.6) is 5.75 Å². The summed E-state index contributed by atoms with van der Waals surface area (Å²) in [5, 5.41) is 8.16. The van der Waals surface area contributed by atoms with Gasteiger partial charge in [0.15, 0.2) is 0 Å². The van der Waals surface area contributed by atoms with E-state index in [1.165, 1.54) is 23.5 Å². The minimum Gasteiger partial charge on any atom is -0.497 e. The van der Waals surface area contributed by atoms with E-state index in [2.05, 4.69) is 20.5 Å². The zero-order valence-electron chi connectivity index (χ0n) is 19.6. The van der Waals surface area contributed by atoms with Crippen LogP contribution in [0.2, 0.25) is 0 Å². The van der Waals surface area contributed by atoms with Crippen molar-refractivity contribution in [3.05, 3.63) is 81.6 Å². The number of amides is 2. The maximum Gasteiger partial charge on any atom is 0.271 e. The number of hydrogen-bond acceptors (Lipinski definition) is 6. The molecule has 0 saturated carbocycles. The molecule has 9 heteroatoms. The van der Waals surface area contributed by atoms with Crippen LogP contribution in [0.4, 0.5) is 4.39 Å². The quantitative estimate of drug-likeness (QED) is 0.470. The molecule has 184 valence electrons. The zero-order valence-corrected chi connectivity index (χ0v) is 20.4. The second-order valence-corrected chi connectivity index (χ2v) is 9.50. The third kappa shape index (κ3) is 7.10. The second-order valence-electron chi connectivity index (χ2n) is 8.56. The van der Waals surface area contributed by atoms with Gasteiger partial charge in [0.2, 0.25) is 5.91 Å². The maximum absolute atomic E-state index is 13.4. The highest BCUT2D eigenvalue weighted by molar-refractivity contribution is 7.09. The number of halogens is 1. The number of hydrogen-bond donors (Lipinski definition) is 2. The van der Waals surface area contributed by atoms with E-state index in [0.717, 1.165) is 34.7 Å². The summed E-state index contributed by atoms with van der Waals surface area (Å²) >= 11 is 1.41. The molecule has 1 aliphatic heterocycles. The molecule has 35 heavy (non-hydrogen) atoms. The molecule has 2 amide bonds. The molecule has 1 aromatic heterocycles. The SMILES string of the molecule is COc1ccc(CN(Cc2ccc(F)cc2)Cc2nc(C(=O)NC3CCCCNC3=O)cs2)cc1. The number of rotatable bonds is 9. The van der Waals surface area contributed by atoms with Crippen LogP contribution in [0.25, 0.3) is 0 Å². The molecule has 2 aromatic carbocycles. The molecule has 0 radical (unpaired) electrons. The number of nitrogens with zero attached hydrogens (tertiary/aromatic N) is 2. The van der Waals surface area contributed by atoms with Crippen molar-refractivity contribution in [2.75, 3.05) is 13.7 Å². The van der Waals surface area contributed by atoms with Gasteiger partial charge in [-0.2, -0.15) is 0 Å². The number of ether oxygens (including phenoxy) is 1. The lowest BCUT2D eigenvalue weighted by atomic mass is 10.1. The highest BCUT2D eigenvalue weighted by Gasteiger charge is 2.24. The predicted molar refractivity (Wildman–Crippen MR) is 133 cm³/mol. The summed E-state index contributed by atoms with van der Waals surface area (Å²) in [6.07, 6.45) is 2.43. The van der Waals surface area contributed by atoms with Crippen LogP contribution in [-0.4, -0.2) is 41.4 Å². The van der Waals surface area contributed by atoms with Gasteiger partial charge in [-0.15, -0.1) is 11.3 Å². The van der Waals surface area contributed by atoms with Gasteiger partial charge in [-0.25, -0.2) is 9.37 Å². The fraction of sp³-hybridized carbons (Fsp3) is 0.346. The molecule has 1 atom stereocenters. The third-order valence-corrected chi connectivity index (χ3v) is 6.70. The van der Waals surface area contributed by atoms with Crippen molar-refractivity contribution in [2.24, 2.45) is 0 Å². The van der Waals surface area contributed by atoms with E-state index in [0.29, 0.717) is 38.3 Å². The van der Waals surface area contributed by atoms with E-state index in [9.17, 15) is 14.0 Å². The van der Waals surface area contributed by atoms with Crippen molar-refractivity contribution in [1.29, 1.82) is 0 Å². The molecule has 1 fully saturated rings. The summed E-state index contributed by atoms with van der Waals surface area (Å²) in [5.41, 5.74) is 2.39. The first kappa shape index (κ1) is 24.8. The number of carbonyl (C=O) groups is 2. The van der Waals surface area contributed by atoms with Crippen LogP contribution in [0.15, 0.2) is 53.9 Å². The van der Waals surface area contributed by atoms with Gasteiger partial charge in [0.1, 0.15) is 28.3 Å². The first-order chi connectivity index (χ1) is 17.0. The summed E-state index contributed by atoms with van der Waals surface area (Å²) < 4.78 is 18.6. The number of benzene rings is 2. The van der Waals surface area contributed by atoms with Gasteiger partial charge in [-0.05, 0) is 54.7 Å². The van der Waals surface area contributed by atoms with Gasteiger partial charge in [0.05, 0.1) is 13.7 Å². The van der Waals surface area contributed by atoms with Gasteiger partial charge in [-0.3, -0.25) is 14.5 Å². The summed E-state index contributed by atoms with van der Waals surface area (Å²) in [6, 6.07) is 13.8. The number of nitrogens with one attached hydrogen (secondary N) is 2. The van der Waals surface area contributed by atoms with Crippen LogP contribution in [-0.2, 0) is 24.4 Å². The minimum absolute atomic E-state index is 0.142. The molecule has 7 nitrogen and oxygen atoms in total.